The van der Waals surface area contributed by atoms with E-state index >= 15 is 0 Å². The van der Waals surface area contributed by atoms with E-state index in [1.54, 1.807) is 31.2 Å². The fourth-order valence-corrected chi connectivity index (χ4v) is 4.08. The van der Waals surface area contributed by atoms with Crippen molar-refractivity contribution in [3.05, 3.63) is 53.3 Å². The smallest absolute Gasteiger partial charge is 0.263 e. The normalized spacial score (nSPS) is 11.9. The molecule has 0 amide bonds. The molecule has 3 aromatic rings. The molecule has 0 aliphatic heterocycles. The third-order valence-corrected chi connectivity index (χ3v) is 6.26. The van der Waals surface area contributed by atoms with Gasteiger partial charge in [-0.15, -0.1) is 15.3 Å². The Morgan fingerprint density at radius 3 is 2.41 bits per heavy atom. The van der Waals surface area contributed by atoms with Crippen LogP contribution < -0.4 is 10.1 Å². The number of ether oxygens (including phenoxy) is 1. The number of hydrogen-bond acceptors (Lipinski definition) is 8. The molecule has 0 atom stereocenters. The molecule has 184 valence electrons. The lowest BCUT2D eigenvalue weighted by molar-refractivity contribution is 0.151. The van der Waals surface area contributed by atoms with Crippen LogP contribution in [-0.4, -0.2) is 63.8 Å². The summed E-state index contributed by atoms with van der Waals surface area (Å²) in [4.78, 5) is 0. The van der Waals surface area contributed by atoms with Crippen molar-refractivity contribution < 1.29 is 21.9 Å². The van der Waals surface area contributed by atoms with E-state index in [1.165, 1.54) is 27.4 Å². The third-order valence-electron chi connectivity index (χ3n) is 4.95. The molecule has 2 heterocycles. The first-order chi connectivity index (χ1) is 16.2. The molecule has 0 saturated heterocycles. The summed E-state index contributed by atoms with van der Waals surface area (Å²) in [6.07, 6.45) is -0.621. The molecule has 0 unspecified atom stereocenters. The van der Waals surface area contributed by atoms with E-state index in [0.717, 1.165) is 6.42 Å². The fourth-order valence-electron chi connectivity index (χ4n) is 3.15. The van der Waals surface area contributed by atoms with Gasteiger partial charge in [0.25, 0.3) is 6.43 Å². The number of halogens is 2. The van der Waals surface area contributed by atoms with Crippen LogP contribution >= 0.6 is 0 Å². The zero-order valence-corrected chi connectivity index (χ0v) is 20.0. The molecule has 34 heavy (non-hydrogen) atoms. The molecule has 0 aliphatic carbocycles. The van der Waals surface area contributed by atoms with Crippen molar-refractivity contribution in [2.45, 2.75) is 33.3 Å². The maximum atomic E-state index is 12.8. The Morgan fingerprint density at radius 1 is 1.09 bits per heavy atom. The largest absolute Gasteiger partial charge is 0.470 e. The van der Waals surface area contributed by atoms with Crippen LogP contribution in [0.25, 0.3) is 5.69 Å². The summed E-state index contributed by atoms with van der Waals surface area (Å²) in [7, 11) is -3.26. The van der Waals surface area contributed by atoms with E-state index in [1.807, 2.05) is 6.92 Å². The molecule has 13 heteroatoms. The second kappa shape index (κ2) is 11.3. The van der Waals surface area contributed by atoms with Crippen LogP contribution in [0.1, 0.15) is 36.7 Å². The first kappa shape index (κ1) is 25.4. The van der Waals surface area contributed by atoms with Crippen LogP contribution in [-0.2, 0) is 16.6 Å². The summed E-state index contributed by atoms with van der Waals surface area (Å²) in [5.41, 5.74) is 1.79. The van der Waals surface area contributed by atoms with Gasteiger partial charge in [0.15, 0.2) is 0 Å². The Balaban J connectivity index is 1.58. The first-order valence-electron chi connectivity index (χ1n) is 10.6. The van der Waals surface area contributed by atoms with Crippen molar-refractivity contribution in [2.75, 3.05) is 31.2 Å². The van der Waals surface area contributed by atoms with E-state index < -0.39 is 16.4 Å². The molecule has 3 rings (SSSR count). The van der Waals surface area contributed by atoms with Crippen molar-refractivity contribution in [2.24, 2.45) is 0 Å². The maximum Gasteiger partial charge on any atom is 0.263 e. The molecule has 0 spiro atoms. The second-order valence-electron chi connectivity index (χ2n) is 7.56. The Bertz CT molecular complexity index is 1170. The van der Waals surface area contributed by atoms with Gasteiger partial charge in [-0.25, -0.2) is 26.2 Å². The molecular weight excluding hydrogens is 468 g/mol. The molecule has 0 bridgehead atoms. The standard InChI is InChI=1S/C21H27F2N7O3S/c1-4-12-29(34(3,31)32)13-11-24-19-9-10-20(27-26-19)33-14-18-15(2)25-28-30(18)17-7-5-16(6-8-17)21(22)23/h5-10,21H,4,11-14H2,1-3H3,(H,24,26). The number of nitrogens with one attached hydrogen (secondary N) is 1. The molecule has 2 aromatic heterocycles. The molecule has 0 aliphatic rings. The van der Waals surface area contributed by atoms with Crippen LogP contribution in [0.5, 0.6) is 5.88 Å². The predicted molar refractivity (Wildman–Crippen MR) is 123 cm³/mol. The van der Waals surface area contributed by atoms with Crippen LogP contribution in [0, 0.1) is 6.92 Å². The van der Waals surface area contributed by atoms with Crippen molar-refractivity contribution in [3.63, 3.8) is 0 Å². The minimum Gasteiger partial charge on any atom is -0.470 e. The SMILES string of the molecule is CCCN(CCNc1ccc(OCc2c(C)nnn2-c2ccc(C(F)F)cc2)nn1)S(C)(=O)=O. The average Bonchev–Trinajstić information content (AvgIpc) is 3.17. The highest BCUT2D eigenvalue weighted by Gasteiger charge is 2.16. The topological polar surface area (TPSA) is 115 Å². The van der Waals surface area contributed by atoms with Gasteiger partial charge in [-0.3, -0.25) is 0 Å². The van der Waals surface area contributed by atoms with Gasteiger partial charge in [-0.2, -0.15) is 0 Å². The first-order valence-corrected chi connectivity index (χ1v) is 12.5. The Labute approximate surface area is 197 Å². The van der Waals surface area contributed by atoms with Crippen LogP contribution in [0.2, 0.25) is 0 Å². The van der Waals surface area contributed by atoms with Gasteiger partial charge in [0.1, 0.15) is 18.1 Å². The highest BCUT2D eigenvalue weighted by atomic mass is 32.2. The quantitative estimate of drug-likeness (QED) is 0.408. The van der Waals surface area contributed by atoms with Crippen molar-refractivity contribution >= 4 is 15.8 Å². The van der Waals surface area contributed by atoms with Crippen LogP contribution in [0.3, 0.4) is 0 Å². The number of sulfonamides is 1. The number of alkyl halides is 2. The lowest BCUT2D eigenvalue weighted by atomic mass is 10.2. The summed E-state index contributed by atoms with van der Waals surface area (Å²) in [5.74, 6) is 0.758. The molecule has 0 fully saturated rings. The number of aryl methyl sites for hydroxylation is 1. The summed E-state index contributed by atoms with van der Waals surface area (Å²) in [5, 5.41) is 19.2. The monoisotopic (exact) mass is 495 g/mol. The number of rotatable bonds is 12. The van der Waals surface area contributed by atoms with Gasteiger partial charge in [0, 0.05) is 31.3 Å². The summed E-state index contributed by atoms with van der Waals surface area (Å²) in [6, 6.07) is 9.09. The molecule has 1 N–H and O–H groups in total. The number of anilines is 1. The Hall–Kier alpha value is -3.19. The Morgan fingerprint density at radius 2 is 1.82 bits per heavy atom. The number of aromatic nitrogens is 5. The van der Waals surface area contributed by atoms with E-state index in [2.05, 4.69) is 25.8 Å². The molecular formula is C21H27F2N7O3S. The van der Waals surface area contributed by atoms with E-state index in [0.29, 0.717) is 42.5 Å². The van der Waals surface area contributed by atoms with Gasteiger partial charge < -0.3 is 10.1 Å². The van der Waals surface area contributed by atoms with Crippen molar-refractivity contribution in [1.82, 2.24) is 29.5 Å². The van der Waals surface area contributed by atoms with Gasteiger partial charge in [0.05, 0.1) is 17.6 Å². The third kappa shape index (κ3) is 6.67. The number of nitrogens with zero attached hydrogens (tertiary/aromatic N) is 6. The average molecular weight is 496 g/mol. The van der Waals surface area contributed by atoms with E-state index in [4.69, 9.17) is 4.74 Å². The number of benzene rings is 1. The molecule has 1 aromatic carbocycles. The summed E-state index contributed by atoms with van der Waals surface area (Å²) < 4.78 is 57.8. The predicted octanol–water partition coefficient (Wildman–Crippen LogP) is 2.97. The molecule has 10 nitrogen and oxygen atoms in total. The summed E-state index contributed by atoms with van der Waals surface area (Å²) >= 11 is 0. The lowest BCUT2D eigenvalue weighted by Crippen LogP contribution is -2.34. The van der Waals surface area contributed by atoms with E-state index in [-0.39, 0.29) is 18.1 Å². The molecule has 0 radical (unpaired) electrons. The highest BCUT2D eigenvalue weighted by Crippen LogP contribution is 2.21. The maximum absolute atomic E-state index is 12.8. The second-order valence-corrected chi connectivity index (χ2v) is 9.54. The van der Waals surface area contributed by atoms with E-state index in [9.17, 15) is 17.2 Å². The van der Waals surface area contributed by atoms with Gasteiger partial charge in [0.2, 0.25) is 15.9 Å². The minimum atomic E-state index is -3.26. The van der Waals surface area contributed by atoms with Crippen LogP contribution in [0.15, 0.2) is 36.4 Å². The highest BCUT2D eigenvalue weighted by molar-refractivity contribution is 7.88. The summed E-state index contributed by atoms with van der Waals surface area (Å²) in [6.45, 7) is 4.95. The fraction of sp³-hybridized carbons (Fsp3) is 0.429. The van der Waals surface area contributed by atoms with Gasteiger partial charge in [-0.1, -0.05) is 24.3 Å². The zero-order valence-electron chi connectivity index (χ0n) is 19.1. The lowest BCUT2D eigenvalue weighted by Gasteiger charge is -2.19. The minimum absolute atomic E-state index is 0.0725. The molecule has 0 saturated carbocycles. The number of hydrogen-bond donors (Lipinski definition) is 1. The Kier molecular flexibility index (Phi) is 8.45. The van der Waals surface area contributed by atoms with Gasteiger partial charge in [-0.05, 0) is 31.5 Å². The zero-order chi connectivity index (χ0) is 24.7. The van der Waals surface area contributed by atoms with Crippen molar-refractivity contribution in [3.8, 4) is 11.6 Å². The van der Waals surface area contributed by atoms with Crippen molar-refractivity contribution in [1.29, 1.82) is 0 Å². The van der Waals surface area contributed by atoms with Gasteiger partial charge >= 0.3 is 0 Å². The van der Waals surface area contributed by atoms with Crippen LogP contribution in [0.4, 0.5) is 14.6 Å².